The van der Waals surface area contributed by atoms with Gasteiger partial charge in [-0.1, -0.05) is 19.3 Å². The van der Waals surface area contributed by atoms with Crippen LogP contribution in [0.1, 0.15) is 44.7 Å². The predicted molar refractivity (Wildman–Crippen MR) is 101 cm³/mol. The summed E-state index contributed by atoms with van der Waals surface area (Å²) in [5, 5.41) is 8.70. The zero-order chi connectivity index (χ0) is 17.6. The van der Waals surface area contributed by atoms with Gasteiger partial charge in [-0.25, -0.2) is 4.98 Å². The monoisotopic (exact) mass is 357 g/mol. The van der Waals surface area contributed by atoms with Crippen molar-refractivity contribution in [1.82, 2.24) is 10.3 Å². The minimum Gasteiger partial charge on any atom is -0.353 e. The summed E-state index contributed by atoms with van der Waals surface area (Å²) in [6.07, 6.45) is 6.21. The SMILES string of the molecule is CC(=O)Nc1ccc(-c2nc(CC(=O)NC3CCCCC3)cs2)cc1. The van der Waals surface area contributed by atoms with E-state index in [9.17, 15) is 9.59 Å². The summed E-state index contributed by atoms with van der Waals surface area (Å²) in [4.78, 5) is 27.8. The van der Waals surface area contributed by atoms with Gasteiger partial charge in [0.25, 0.3) is 0 Å². The number of carbonyl (C=O) groups is 2. The number of nitrogens with one attached hydrogen (secondary N) is 2. The molecule has 0 unspecified atom stereocenters. The molecule has 2 amide bonds. The summed E-state index contributed by atoms with van der Waals surface area (Å²) in [6.45, 7) is 1.49. The highest BCUT2D eigenvalue weighted by atomic mass is 32.1. The fourth-order valence-corrected chi connectivity index (χ4v) is 3.94. The molecule has 1 aliphatic rings. The molecule has 1 saturated carbocycles. The Bertz CT molecular complexity index is 733. The molecule has 3 rings (SSSR count). The highest BCUT2D eigenvalue weighted by Crippen LogP contribution is 2.25. The molecule has 1 heterocycles. The molecule has 1 aliphatic carbocycles. The first-order valence-electron chi connectivity index (χ1n) is 8.72. The lowest BCUT2D eigenvalue weighted by Gasteiger charge is -2.22. The average Bonchev–Trinajstić information content (AvgIpc) is 3.04. The second kappa shape index (κ2) is 8.25. The van der Waals surface area contributed by atoms with E-state index in [1.165, 1.54) is 37.5 Å². The maximum atomic E-state index is 12.2. The largest absolute Gasteiger partial charge is 0.353 e. The molecule has 25 heavy (non-hydrogen) atoms. The van der Waals surface area contributed by atoms with E-state index < -0.39 is 0 Å². The molecule has 1 aromatic carbocycles. The first kappa shape index (κ1) is 17.6. The Morgan fingerprint density at radius 1 is 1.16 bits per heavy atom. The molecule has 2 aromatic rings. The van der Waals surface area contributed by atoms with Crippen molar-refractivity contribution in [3.8, 4) is 10.6 Å². The number of carbonyl (C=O) groups excluding carboxylic acids is 2. The molecule has 2 N–H and O–H groups in total. The van der Waals surface area contributed by atoms with E-state index in [2.05, 4.69) is 15.6 Å². The van der Waals surface area contributed by atoms with Crippen LogP contribution in [0.25, 0.3) is 10.6 Å². The fourth-order valence-electron chi connectivity index (χ4n) is 3.11. The van der Waals surface area contributed by atoms with Crippen molar-refractivity contribution in [1.29, 1.82) is 0 Å². The van der Waals surface area contributed by atoms with E-state index in [1.807, 2.05) is 29.6 Å². The normalized spacial score (nSPS) is 14.9. The molecular formula is C19H23N3O2S. The van der Waals surface area contributed by atoms with Crippen molar-refractivity contribution in [3.05, 3.63) is 35.3 Å². The molecule has 0 radical (unpaired) electrons. The van der Waals surface area contributed by atoms with E-state index in [0.717, 1.165) is 34.8 Å². The fraction of sp³-hybridized carbons (Fsp3) is 0.421. The molecule has 0 saturated heterocycles. The highest BCUT2D eigenvalue weighted by Gasteiger charge is 2.16. The van der Waals surface area contributed by atoms with E-state index in [4.69, 9.17) is 0 Å². The molecule has 6 heteroatoms. The third-order valence-corrected chi connectivity index (χ3v) is 5.26. The summed E-state index contributed by atoms with van der Waals surface area (Å²) in [6, 6.07) is 7.90. The van der Waals surface area contributed by atoms with Crippen LogP contribution in [0.15, 0.2) is 29.6 Å². The Labute approximate surface area is 151 Å². The highest BCUT2D eigenvalue weighted by molar-refractivity contribution is 7.13. The lowest BCUT2D eigenvalue weighted by atomic mass is 9.95. The third-order valence-electron chi connectivity index (χ3n) is 4.32. The van der Waals surface area contributed by atoms with Gasteiger partial charge in [-0.05, 0) is 37.1 Å². The summed E-state index contributed by atoms with van der Waals surface area (Å²) < 4.78 is 0. The minimum atomic E-state index is -0.0896. The van der Waals surface area contributed by atoms with Crippen LogP contribution in [0, 0.1) is 0 Å². The number of nitrogens with zero attached hydrogens (tertiary/aromatic N) is 1. The number of rotatable bonds is 5. The van der Waals surface area contributed by atoms with Crippen LogP contribution in [0.4, 0.5) is 5.69 Å². The van der Waals surface area contributed by atoms with Gasteiger partial charge < -0.3 is 10.6 Å². The van der Waals surface area contributed by atoms with Crippen molar-refractivity contribution in [2.75, 3.05) is 5.32 Å². The lowest BCUT2D eigenvalue weighted by molar-refractivity contribution is -0.121. The van der Waals surface area contributed by atoms with E-state index in [-0.39, 0.29) is 11.8 Å². The van der Waals surface area contributed by atoms with Crippen LogP contribution in [0.5, 0.6) is 0 Å². The van der Waals surface area contributed by atoms with Crippen LogP contribution in [-0.4, -0.2) is 22.8 Å². The van der Waals surface area contributed by atoms with Crippen molar-refractivity contribution in [3.63, 3.8) is 0 Å². The van der Waals surface area contributed by atoms with Gasteiger partial charge in [-0.3, -0.25) is 9.59 Å². The number of thiazole rings is 1. The van der Waals surface area contributed by atoms with Crippen molar-refractivity contribution in [2.24, 2.45) is 0 Å². The summed E-state index contributed by atoms with van der Waals surface area (Å²) in [7, 11) is 0. The van der Waals surface area contributed by atoms with Crippen LogP contribution in [0.2, 0.25) is 0 Å². The summed E-state index contributed by atoms with van der Waals surface area (Å²) in [5.41, 5.74) is 2.55. The zero-order valence-electron chi connectivity index (χ0n) is 14.4. The smallest absolute Gasteiger partial charge is 0.226 e. The number of amides is 2. The number of hydrogen-bond acceptors (Lipinski definition) is 4. The van der Waals surface area contributed by atoms with Crippen LogP contribution >= 0.6 is 11.3 Å². The standard InChI is InChI=1S/C19H23N3O2S/c1-13(23)20-16-9-7-14(8-10-16)19-22-17(12-25-19)11-18(24)21-15-5-3-2-4-6-15/h7-10,12,15H,2-6,11H2,1H3,(H,20,23)(H,21,24). The third kappa shape index (κ3) is 5.13. The molecule has 1 fully saturated rings. The van der Waals surface area contributed by atoms with Crippen molar-refractivity contribution >= 4 is 28.8 Å². The van der Waals surface area contributed by atoms with Gasteiger partial charge in [0.05, 0.1) is 12.1 Å². The Morgan fingerprint density at radius 3 is 2.56 bits per heavy atom. The van der Waals surface area contributed by atoms with Crippen LogP contribution in [-0.2, 0) is 16.0 Å². The quantitative estimate of drug-likeness (QED) is 0.856. The molecule has 132 valence electrons. The predicted octanol–water partition coefficient (Wildman–Crippen LogP) is 3.76. The Kier molecular flexibility index (Phi) is 5.81. The second-order valence-corrected chi connectivity index (χ2v) is 7.34. The molecule has 0 aliphatic heterocycles. The van der Waals surface area contributed by atoms with Gasteiger partial charge in [0.2, 0.25) is 11.8 Å². The Hall–Kier alpha value is -2.21. The van der Waals surface area contributed by atoms with Gasteiger partial charge in [-0.2, -0.15) is 0 Å². The lowest BCUT2D eigenvalue weighted by Crippen LogP contribution is -2.37. The maximum Gasteiger partial charge on any atom is 0.226 e. The van der Waals surface area contributed by atoms with Gasteiger partial charge in [0.15, 0.2) is 0 Å². The van der Waals surface area contributed by atoms with E-state index in [1.54, 1.807) is 0 Å². The van der Waals surface area contributed by atoms with Crippen LogP contribution in [0.3, 0.4) is 0 Å². The number of anilines is 1. The summed E-state index contributed by atoms with van der Waals surface area (Å²) in [5.74, 6) is -0.0296. The van der Waals surface area contributed by atoms with Gasteiger partial charge >= 0.3 is 0 Å². The topological polar surface area (TPSA) is 71.1 Å². The molecule has 1 aromatic heterocycles. The number of hydrogen-bond donors (Lipinski definition) is 2. The van der Waals surface area contributed by atoms with E-state index >= 15 is 0 Å². The number of benzene rings is 1. The maximum absolute atomic E-state index is 12.2. The van der Waals surface area contributed by atoms with Gasteiger partial charge in [0.1, 0.15) is 5.01 Å². The molecule has 0 atom stereocenters. The zero-order valence-corrected chi connectivity index (χ0v) is 15.2. The molecule has 0 bridgehead atoms. The summed E-state index contributed by atoms with van der Waals surface area (Å²) >= 11 is 1.53. The van der Waals surface area contributed by atoms with Crippen molar-refractivity contribution in [2.45, 2.75) is 51.5 Å². The Balaban J connectivity index is 1.58. The van der Waals surface area contributed by atoms with Gasteiger partial charge in [-0.15, -0.1) is 11.3 Å². The minimum absolute atomic E-state index is 0.0600. The van der Waals surface area contributed by atoms with E-state index in [0.29, 0.717) is 12.5 Å². The molecular weight excluding hydrogens is 334 g/mol. The average molecular weight is 357 g/mol. The molecule has 5 nitrogen and oxygen atoms in total. The first-order valence-corrected chi connectivity index (χ1v) is 9.60. The van der Waals surface area contributed by atoms with Crippen molar-refractivity contribution < 1.29 is 9.59 Å². The Morgan fingerprint density at radius 2 is 1.88 bits per heavy atom. The second-order valence-electron chi connectivity index (χ2n) is 6.48. The van der Waals surface area contributed by atoms with Gasteiger partial charge in [0, 0.05) is 29.6 Å². The first-order chi connectivity index (χ1) is 12.1. The molecule has 0 spiro atoms. The number of aromatic nitrogens is 1. The van der Waals surface area contributed by atoms with Crippen LogP contribution < -0.4 is 10.6 Å².